The molecule has 0 amide bonds. The Kier molecular flexibility index (Phi) is 4.90. The maximum Gasteiger partial charge on any atom is 0.319 e. The molecule has 0 saturated heterocycles. The Bertz CT molecular complexity index is 644. The fourth-order valence-electron chi connectivity index (χ4n) is 1.85. The summed E-state index contributed by atoms with van der Waals surface area (Å²) in [5.41, 5.74) is 2.20. The Morgan fingerprint density at radius 3 is 2.41 bits per heavy atom. The fourth-order valence-corrected chi connectivity index (χ4v) is 2.56. The molecule has 0 aliphatic rings. The van der Waals surface area contributed by atoms with E-state index in [-0.39, 0.29) is 16.6 Å². The second kappa shape index (κ2) is 6.52. The van der Waals surface area contributed by atoms with Gasteiger partial charge in [0.1, 0.15) is 5.25 Å². The van der Waals surface area contributed by atoms with Crippen LogP contribution in [-0.2, 0) is 14.9 Å². The van der Waals surface area contributed by atoms with Crippen LogP contribution in [0.4, 0.5) is 0 Å². The monoisotopic (exact) mass is 320 g/mol. The zero-order valence-electron chi connectivity index (χ0n) is 13.4. The highest BCUT2D eigenvalue weighted by Crippen LogP contribution is 2.28. The van der Waals surface area contributed by atoms with Gasteiger partial charge in [0.25, 0.3) is 5.22 Å². The van der Waals surface area contributed by atoms with E-state index in [2.05, 4.69) is 47.8 Å². The Morgan fingerprint density at radius 1 is 1.23 bits per heavy atom. The summed E-state index contributed by atoms with van der Waals surface area (Å²) >= 11 is 1.18. The summed E-state index contributed by atoms with van der Waals surface area (Å²) in [6.45, 7) is 8.23. The van der Waals surface area contributed by atoms with E-state index >= 15 is 0 Å². The van der Waals surface area contributed by atoms with E-state index in [4.69, 9.17) is 4.42 Å². The van der Waals surface area contributed by atoms with Gasteiger partial charge in [-0.2, -0.15) is 0 Å². The second-order valence-corrected chi connectivity index (χ2v) is 7.28. The van der Waals surface area contributed by atoms with E-state index in [0.717, 1.165) is 5.56 Å². The smallest absolute Gasteiger partial charge is 0.319 e. The van der Waals surface area contributed by atoms with Gasteiger partial charge in [-0.05, 0) is 30.0 Å². The second-order valence-electron chi connectivity index (χ2n) is 5.98. The third-order valence-electron chi connectivity index (χ3n) is 3.22. The Balaban J connectivity index is 2.13. The van der Waals surface area contributed by atoms with Gasteiger partial charge in [0, 0.05) is 5.56 Å². The molecule has 0 radical (unpaired) electrons. The number of thioether (sulfide) groups is 1. The first kappa shape index (κ1) is 16.5. The van der Waals surface area contributed by atoms with Crippen LogP contribution in [0.15, 0.2) is 33.9 Å². The van der Waals surface area contributed by atoms with Crippen molar-refractivity contribution in [2.75, 3.05) is 7.11 Å². The number of methoxy groups -OCH3 is 1. The van der Waals surface area contributed by atoms with Crippen molar-refractivity contribution in [3.05, 3.63) is 29.8 Å². The van der Waals surface area contributed by atoms with Crippen LogP contribution in [0.3, 0.4) is 0 Å². The van der Waals surface area contributed by atoms with E-state index in [1.54, 1.807) is 6.92 Å². The lowest BCUT2D eigenvalue weighted by Gasteiger charge is -2.18. The van der Waals surface area contributed by atoms with Gasteiger partial charge in [-0.15, -0.1) is 10.2 Å². The Morgan fingerprint density at radius 2 is 1.86 bits per heavy atom. The molecule has 0 saturated carbocycles. The number of carbonyl (C=O) groups is 1. The molecule has 2 rings (SSSR count). The van der Waals surface area contributed by atoms with E-state index in [9.17, 15) is 4.79 Å². The van der Waals surface area contributed by atoms with Crippen molar-refractivity contribution >= 4 is 17.7 Å². The number of carbonyl (C=O) groups excluding carboxylic acids is 1. The topological polar surface area (TPSA) is 65.2 Å². The van der Waals surface area contributed by atoms with Gasteiger partial charge in [0.05, 0.1) is 7.11 Å². The maximum absolute atomic E-state index is 11.4. The first-order valence-electron chi connectivity index (χ1n) is 7.00. The highest BCUT2D eigenvalue weighted by Gasteiger charge is 2.19. The highest BCUT2D eigenvalue weighted by atomic mass is 32.2. The van der Waals surface area contributed by atoms with E-state index < -0.39 is 0 Å². The summed E-state index contributed by atoms with van der Waals surface area (Å²) in [6, 6.07) is 8.05. The van der Waals surface area contributed by atoms with Crippen LogP contribution in [0.1, 0.15) is 33.3 Å². The van der Waals surface area contributed by atoms with Gasteiger partial charge in [-0.25, -0.2) is 0 Å². The van der Waals surface area contributed by atoms with E-state index in [0.29, 0.717) is 11.1 Å². The summed E-state index contributed by atoms with van der Waals surface area (Å²) < 4.78 is 10.3. The van der Waals surface area contributed by atoms with Crippen LogP contribution in [0.2, 0.25) is 0 Å². The quantitative estimate of drug-likeness (QED) is 0.632. The minimum atomic E-state index is -0.387. The Labute approximate surface area is 134 Å². The molecular weight excluding hydrogens is 300 g/mol. The van der Waals surface area contributed by atoms with Crippen LogP contribution in [0.25, 0.3) is 11.5 Å². The normalized spacial score (nSPS) is 13.0. The summed E-state index contributed by atoms with van der Waals surface area (Å²) in [5, 5.41) is 7.95. The van der Waals surface area contributed by atoms with Crippen molar-refractivity contribution in [2.45, 2.75) is 43.6 Å². The molecule has 0 aliphatic heterocycles. The number of nitrogens with zero attached hydrogens (tertiary/aromatic N) is 2. The number of hydrogen-bond donors (Lipinski definition) is 0. The molecular formula is C16H20N2O3S. The van der Waals surface area contributed by atoms with Crippen LogP contribution in [-0.4, -0.2) is 28.5 Å². The molecule has 1 aromatic heterocycles. The average molecular weight is 320 g/mol. The first-order chi connectivity index (χ1) is 10.3. The zero-order chi connectivity index (χ0) is 16.3. The summed E-state index contributed by atoms with van der Waals surface area (Å²) in [7, 11) is 1.36. The minimum Gasteiger partial charge on any atom is -0.468 e. The van der Waals surface area contributed by atoms with Gasteiger partial charge in [0.15, 0.2) is 0 Å². The van der Waals surface area contributed by atoms with Crippen molar-refractivity contribution in [1.29, 1.82) is 0 Å². The number of benzene rings is 1. The van der Waals surface area contributed by atoms with E-state index in [1.807, 2.05) is 12.1 Å². The van der Waals surface area contributed by atoms with Crippen molar-refractivity contribution in [2.24, 2.45) is 0 Å². The van der Waals surface area contributed by atoms with Gasteiger partial charge in [0.2, 0.25) is 5.89 Å². The third kappa shape index (κ3) is 3.88. The number of ether oxygens (including phenoxy) is 1. The van der Waals surface area contributed by atoms with Crippen molar-refractivity contribution in [3.63, 3.8) is 0 Å². The third-order valence-corrected chi connectivity index (χ3v) is 4.13. The van der Waals surface area contributed by atoms with Crippen molar-refractivity contribution in [1.82, 2.24) is 10.2 Å². The molecule has 0 bridgehead atoms. The molecule has 118 valence electrons. The number of aromatic nitrogens is 2. The van der Waals surface area contributed by atoms with Crippen LogP contribution < -0.4 is 0 Å². The molecule has 2 aromatic rings. The zero-order valence-corrected chi connectivity index (χ0v) is 14.2. The molecule has 0 fully saturated rings. The lowest BCUT2D eigenvalue weighted by Crippen LogP contribution is -2.14. The molecule has 6 heteroatoms. The largest absolute Gasteiger partial charge is 0.468 e. The van der Waals surface area contributed by atoms with Gasteiger partial charge in [-0.1, -0.05) is 44.7 Å². The number of esters is 1. The summed E-state index contributed by atoms with van der Waals surface area (Å²) in [6.07, 6.45) is 0. The first-order valence-corrected chi connectivity index (χ1v) is 7.88. The van der Waals surface area contributed by atoms with Crippen LogP contribution in [0, 0.1) is 0 Å². The minimum absolute atomic E-state index is 0.102. The lowest BCUT2D eigenvalue weighted by atomic mass is 9.87. The van der Waals surface area contributed by atoms with Gasteiger partial charge < -0.3 is 9.15 Å². The van der Waals surface area contributed by atoms with Crippen LogP contribution >= 0.6 is 11.8 Å². The highest BCUT2D eigenvalue weighted by molar-refractivity contribution is 8.00. The summed E-state index contributed by atoms with van der Waals surface area (Å²) in [4.78, 5) is 11.4. The molecule has 0 unspecified atom stereocenters. The fraction of sp³-hybridized carbons (Fsp3) is 0.438. The molecule has 0 aliphatic carbocycles. The van der Waals surface area contributed by atoms with Gasteiger partial charge in [-0.3, -0.25) is 4.79 Å². The molecule has 1 heterocycles. The summed E-state index contributed by atoms with van der Waals surface area (Å²) in [5.74, 6) is 0.124. The van der Waals surface area contributed by atoms with Crippen molar-refractivity contribution < 1.29 is 13.9 Å². The molecule has 1 atom stereocenters. The predicted molar refractivity (Wildman–Crippen MR) is 85.8 cm³/mol. The molecule has 0 N–H and O–H groups in total. The standard InChI is InChI=1S/C16H20N2O3S/c1-10(14(19)20-5)22-15-18-17-13(21-15)11-6-8-12(9-7-11)16(2,3)4/h6-10H,1-5H3/t10-/m0/s1. The number of rotatable bonds is 4. The average Bonchev–Trinajstić information content (AvgIpc) is 2.94. The molecule has 5 nitrogen and oxygen atoms in total. The van der Waals surface area contributed by atoms with Gasteiger partial charge >= 0.3 is 5.97 Å². The van der Waals surface area contributed by atoms with Crippen LogP contribution in [0.5, 0.6) is 0 Å². The Hall–Kier alpha value is -1.82. The molecule has 22 heavy (non-hydrogen) atoms. The molecule has 0 spiro atoms. The SMILES string of the molecule is COC(=O)[C@H](C)Sc1nnc(-c2ccc(C(C)(C)C)cc2)o1. The lowest BCUT2D eigenvalue weighted by molar-refractivity contribution is -0.139. The van der Waals surface area contributed by atoms with Crippen molar-refractivity contribution in [3.8, 4) is 11.5 Å². The maximum atomic E-state index is 11.4. The molecule has 1 aromatic carbocycles. The number of hydrogen-bond acceptors (Lipinski definition) is 6. The predicted octanol–water partition coefficient (Wildman–Crippen LogP) is 3.69. The van der Waals surface area contributed by atoms with E-state index in [1.165, 1.54) is 24.4 Å².